The van der Waals surface area contributed by atoms with Crippen molar-refractivity contribution >= 4 is 28.9 Å². The van der Waals surface area contributed by atoms with Crippen molar-refractivity contribution in [3.8, 4) is 0 Å². The van der Waals surface area contributed by atoms with Gasteiger partial charge in [0.2, 0.25) is 5.91 Å². The summed E-state index contributed by atoms with van der Waals surface area (Å²) in [6.45, 7) is 7.00. The molecule has 2 aliphatic rings. The number of aromatic nitrogens is 2. The van der Waals surface area contributed by atoms with Gasteiger partial charge in [-0.05, 0) is 87.3 Å². The summed E-state index contributed by atoms with van der Waals surface area (Å²) in [6.07, 6.45) is 7.25. The summed E-state index contributed by atoms with van der Waals surface area (Å²) >= 11 is 5.83. The van der Waals surface area contributed by atoms with Gasteiger partial charge in [-0.1, -0.05) is 31.0 Å². The Hall–Kier alpha value is -3.19. The molecule has 2 atom stereocenters. The Bertz CT molecular complexity index is 1250. The molecule has 1 saturated heterocycles. The number of amides is 1. The van der Waals surface area contributed by atoms with E-state index in [1.807, 2.05) is 49.5 Å². The van der Waals surface area contributed by atoms with Crippen molar-refractivity contribution in [1.29, 1.82) is 0 Å². The van der Waals surface area contributed by atoms with E-state index in [1.165, 1.54) is 42.6 Å². The van der Waals surface area contributed by atoms with Crippen molar-refractivity contribution in [3.05, 3.63) is 82.9 Å². The molecule has 0 radical (unpaired) electrons. The van der Waals surface area contributed by atoms with Gasteiger partial charge in [-0.25, -0.2) is 0 Å². The van der Waals surface area contributed by atoms with Crippen LogP contribution in [0, 0.1) is 20.8 Å². The lowest BCUT2D eigenvalue weighted by Gasteiger charge is -2.28. The minimum atomic E-state index is -0.0731. The number of aryl methyl sites for hydroxylation is 2. The maximum atomic E-state index is 12.9. The monoisotopic (exact) mass is 501 g/mol. The highest BCUT2D eigenvalue weighted by Gasteiger charge is 2.41. The third-order valence-electron chi connectivity index (χ3n) is 7.61. The summed E-state index contributed by atoms with van der Waals surface area (Å²) in [6, 6.07) is 16.7. The van der Waals surface area contributed by atoms with E-state index >= 15 is 0 Å². The third kappa shape index (κ3) is 4.89. The van der Waals surface area contributed by atoms with Gasteiger partial charge in [0.15, 0.2) is 5.11 Å². The quantitative estimate of drug-likeness (QED) is 0.393. The topological polar surface area (TPSA) is 62.2 Å². The van der Waals surface area contributed by atoms with Crippen LogP contribution < -0.4 is 10.6 Å². The van der Waals surface area contributed by atoms with Crippen LogP contribution in [0.3, 0.4) is 0 Å². The predicted octanol–water partition coefficient (Wildman–Crippen LogP) is 5.92. The van der Waals surface area contributed by atoms with Crippen molar-refractivity contribution in [2.45, 2.75) is 71.0 Å². The van der Waals surface area contributed by atoms with E-state index in [-0.39, 0.29) is 18.0 Å². The van der Waals surface area contributed by atoms with Crippen molar-refractivity contribution in [2.75, 3.05) is 11.9 Å². The molecule has 1 aliphatic carbocycles. The zero-order valence-corrected chi connectivity index (χ0v) is 22.1. The van der Waals surface area contributed by atoms with E-state index in [0.29, 0.717) is 24.1 Å². The zero-order valence-electron chi connectivity index (χ0n) is 21.3. The van der Waals surface area contributed by atoms with Gasteiger partial charge in [0.1, 0.15) is 0 Å². The number of carbonyl (C=O) groups is 1. The van der Waals surface area contributed by atoms with E-state index < -0.39 is 0 Å². The molecule has 5 rings (SSSR count). The van der Waals surface area contributed by atoms with Gasteiger partial charge in [-0.3, -0.25) is 9.78 Å². The second-order valence-corrected chi connectivity index (χ2v) is 10.5. The fourth-order valence-electron chi connectivity index (χ4n) is 5.98. The molecule has 6 nitrogen and oxygen atoms in total. The summed E-state index contributed by atoms with van der Waals surface area (Å²) in [4.78, 5) is 19.7. The van der Waals surface area contributed by atoms with Crippen molar-refractivity contribution < 1.29 is 4.79 Å². The SMILES string of the molecule is Cc1cccc(NC(=O)CCN2C(=S)N[C@H](c3ccccn3)[C@H]2c2cc(C)n(C3CCCC3)c2C)c1. The first kappa shape index (κ1) is 24.5. The van der Waals surface area contributed by atoms with Gasteiger partial charge in [-0.2, -0.15) is 0 Å². The summed E-state index contributed by atoms with van der Waals surface area (Å²) in [5, 5.41) is 7.24. The zero-order chi connectivity index (χ0) is 25.2. The number of anilines is 1. The number of nitrogens with zero attached hydrogens (tertiary/aromatic N) is 3. The molecule has 7 heteroatoms. The number of benzene rings is 1. The van der Waals surface area contributed by atoms with Gasteiger partial charge in [0.25, 0.3) is 0 Å². The number of hydrogen-bond donors (Lipinski definition) is 2. The molecule has 2 fully saturated rings. The standard InChI is InChI=1S/C29H35N5OS/c1-19-9-8-10-22(17-19)31-26(35)14-16-33-28(27(32-29(33)36)25-13-6-7-15-30-25)24-18-20(2)34(21(24)3)23-11-4-5-12-23/h6-10,13,15,17-18,23,27-28H,4-5,11-12,14,16H2,1-3H3,(H,31,35)(H,32,36)/t27-,28-/m1/s1. The Balaban J connectivity index is 1.42. The number of hydrogen-bond acceptors (Lipinski definition) is 3. The lowest BCUT2D eigenvalue weighted by atomic mass is 9.96. The van der Waals surface area contributed by atoms with Crippen LogP contribution in [0.25, 0.3) is 0 Å². The predicted molar refractivity (Wildman–Crippen MR) is 148 cm³/mol. The minimum absolute atomic E-state index is 0.0140. The van der Waals surface area contributed by atoms with Crippen molar-refractivity contribution in [3.63, 3.8) is 0 Å². The molecule has 2 N–H and O–H groups in total. The first-order valence-corrected chi connectivity index (χ1v) is 13.4. The maximum absolute atomic E-state index is 12.9. The Labute approximate surface area is 219 Å². The maximum Gasteiger partial charge on any atom is 0.226 e. The number of carbonyl (C=O) groups excluding carboxylic acids is 1. The van der Waals surface area contributed by atoms with E-state index in [2.05, 4.69) is 51.1 Å². The Morgan fingerprint density at radius 2 is 1.92 bits per heavy atom. The summed E-state index contributed by atoms with van der Waals surface area (Å²) in [5.74, 6) is -0.0140. The fourth-order valence-corrected chi connectivity index (χ4v) is 6.31. The molecular formula is C29H35N5OS. The first-order valence-electron chi connectivity index (χ1n) is 13.0. The highest BCUT2D eigenvalue weighted by Crippen LogP contribution is 2.43. The number of rotatable bonds is 7. The van der Waals surface area contributed by atoms with Gasteiger partial charge in [0, 0.05) is 42.3 Å². The normalized spacial score (nSPS) is 20.1. The third-order valence-corrected chi connectivity index (χ3v) is 7.96. The molecule has 0 bridgehead atoms. The Kier molecular flexibility index (Phi) is 7.10. The molecule has 188 valence electrons. The minimum Gasteiger partial charge on any atom is -0.352 e. The second kappa shape index (κ2) is 10.4. The van der Waals surface area contributed by atoms with Crippen LogP contribution in [0.5, 0.6) is 0 Å². The number of pyridine rings is 1. The molecule has 36 heavy (non-hydrogen) atoms. The highest BCUT2D eigenvalue weighted by molar-refractivity contribution is 7.80. The van der Waals surface area contributed by atoms with Crippen LogP contribution in [0.4, 0.5) is 5.69 Å². The van der Waals surface area contributed by atoms with Crippen LogP contribution in [0.2, 0.25) is 0 Å². The second-order valence-electron chi connectivity index (χ2n) is 10.1. The van der Waals surface area contributed by atoms with E-state index in [1.54, 1.807) is 0 Å². The summed E-state index contributed by atoms with van der Waals surface area (Å²) in [5.41, 5.74) is 6.76. The summed E-state index contributed by atoms with van der Waals surface area (Å²) in [7, 11) is 0. The molecule has 1 saturated carbocycles. The van der Waals surface area contributed by atoms with Gasteiger partial charge < -0.3 is 20.1 Å². The number of thiocarbonyl (C=S) groups is 1. The van der Waals surface area contributed by atoms with E-state index in [0.717, 1.165) is 16.9 Å². The molecule has 2 aromatic heterocycles. The van der Waals surface area contributed by atoms with E-state index in [9.17, 15) is 4.79 Å². The Morgan fingerprint density at radius 3 is 2.64 bits per heavy atom. The van der Waals surface area contributed by atoms with Crippen molar-refractivity contribution in [2.24, 2.45) is 0 Å². The molecule has 1 amide bonds. The van der Waals surface area contributed by atoms with Crippen LogP contribution in [-0.4, -0.2) is 32.0 Å². The largest absolute Gasteiger partial charge is 0.352 e. The van der Waals surface area contributed by atoms with E-state index in [4.69, 9.17) is 12.2 Å². The molecule has 3 aromatic rings. The lowest BCUT2D eigenvalue weighted by Crippen LogP contribution is -2.33. The molecule has 0 spiro atoms. The first-order chi connectivity index (χ1) is 17.4. The number of nitrogens with one attached hydrogen (secondary N) is 2. The molecule has 1 aromatic carbocycles. The van der Waals surface area contributed by atoms with Crippen LogP contribution in [-0.2, 0) is 4.79 Å². The van der Waals surface area contributed by atoms with Crippen LogP contribution in [0.1, 0.15) is 78.4 Å². The molecular weight excluding hydrogens is 466 g/mol. The fraction of sp³-hybridized carbons (Fsp3) is 0.414. The Morgan fingerprint density at radius 1 is 1.11 bits per heavy atom. The van der Waals surface area contributed by atoms with Gasteiger partial charge in [-0.15, -0.1) is 0 Å². The molecule has 0 unspecified atom stereocenters. The molecule has 3 heterocycles. The highest BCUT2D eigenvalue weighted by atomic mass is 32.1. The average Bonchev–Trinajstić information content (AvgIpc) is 3.56. The molecule has 1 aliphatic heterocycles. The van der Waals surface area contributed by atoms with Gasteiger partial charge >= 0.3 is 0 Å². The van der Waals surface area contributed by atoms with Crippen LogP contribution in [0.15, 0.2) is 54.7 Å². The summed E-state index contributed by atoms with van der Waals surface area (Å²) < 4.78 is 2.53. The smallest absolute Gasteiger partial charge is 0.226 e. The van der Waals surface area contributed by atoms with Gasteiger partial charge in [0.05, 0.1) is 17.8 Å². The lowest BCUT2D eigenvalue weighted by molar-refractivity contribution is -0.116. The van der Waals surface area contributed by atoms with Crippen molar-refractivity contribution in [1.82, 2.24) is 19.8 Å². The average molecular weight is 502 g/mol. The van der Waals surface area contributed by atoms with Crippen LogP contribution >= 0.6 is 12.2 Å².